The lowest BCUT2D eigenvalue weighted by Crippen LogP contribution is -2.56. The average molecular weight is 335 g/mol. The molecule has 0 amide bonds. The zero-order chi connectivity index (χ0) is 17.1. The third-order valence-electron chi connectivity index (χ3n) is 8.64. The molecule has 136 valence electrons. The first kappa shape index (κ1) is 17.1. The normalized spacial score (nSPS) is 53.8. The van der Waals surface area contributed by atoms with Gasteiger partial charge in [-0.05, 0) is 74.0 Å². The van der Waals surface area contributed by atoms with Crippen molar-refractivity contribution < 1.29 is 14.9 Å². The van der Waals surface area contributed by atoms with E-state index in [1.807, 2.05) is 7.11 Å². The Hall–Kier alpha value is -0.380. The van der Waals surface area contributed by atoms with Crippen molar-refractivity contribution in [2.45, 2.75) is 71.0 Å². The van der Waals surface area contributed by atoms with Crippen molar-refractivity contribution in [3.63, 3.8) is 0 Å². The van der Waals surface area contributed by atoms with Crippen LogP contribution in [0.5, 0.6) is 0 Å². The molecule has 0 bridgehead atoms. The first-order valence-corrected chi connectivity index (χ1v) is 9.99. The number of aliphatic hydroxyl groups is 2. The second-order valence-electron chi connectivity index (χ2n) is 9.42. The summed E-state index contributed by atoms with van der Waals surface area (Å²) in [5.41, 5.74) is 1.72. The molecule has 3 nitrogen and oxygen atoms in total. The van der Waals surface area contributed by atoms with Crippen LogP contribution in [0.15, 0.2) is 11.6 Å². The summed E-state index contributed by atoms with van der Waals surface area (Å²) in [6.45, 7) is 5.46. The molecule has 3 fully saturated rings. The Morgan fingerprint density at radius 3 is 2.71 bits per heavy atom. The van der Waals surface area contributed by atoms with Gasteiger partial charge in [-0.2, -0.15) is 0 Å². The van der Waals surface area contributed by atoms with Crippen LogP contribution in [0, 0.1) is 34.5 Å². The molecule has 2 N–H and O–H groups in total. The third-order valence-corrected chi connectivity index (χ3v) is 8.64. The fourth-order valence-corrected chi connectivity index (χ4v) is 7.47. The maximum Gasteiger partial charge on any atom is 0.0726 e. The number of hydrogen-bond acceptors (Lipinski definition) is 3. The molecule has 3 saturated carbocycles. The van der Waals surface area contributed by atoms with Crippen molar-refractivity contribution in [2.75, 3.05) is 13.7 Å². The molecule has 0 aromatic carbocycles. The van der Waals surface area contributed by atoms with Gasteiger partial charge in [0.05, 0.1) is 18.8 Å². The molecule has 0 spiro atoms. The Morgan fingerprint density at radius 1 is 1.17 bits per heavy atom. The number of methoxy groups -OCH3 is 1. The van der Waals surface area contributed by atoms with Crippen molar-refractivity contribution in [3.05, 3.63) is 11.6 Å². The van der Waals surface area contributed by atoms with Gasteiger partial charge in [-0.15, -0.1) is 0 Å². The van der Waals surface area contributed by atoms with E-state index in [2.05, 4.69) is 19.9 Å². The van der Waals surface area contributed by atoms with Crippen molar-refractivity contribution in [3.8, 4) is 0 Å². The third kappa shape index (κ3) is 2.13. The van der Waals surface area contributed by atoms with Crippen LogP contribution in [0.25, 0.3) is 0 Å². The highest BCUT2D eigenvalue weighted by molar-refractivity contribution is 5.28. The minimum absolute atomic E-state index is 0.107. The van der Waals surface area contributed by atoms with Crippen molar-refractivity contribution in [1.29, 1.82) is 0 Å². The number of fused-ring (bicyclic) bond motifs is 5. The fraction of sp³-hybridized carbons (Fsp3) is 0.905. The van der Waals surface area contributed by atoms with Crippen molar-refractivity contribution >= 4 is 0 Å². The first-order chi connectivity index (χ1) is 11.4. The van der Waals surface area contributed by atoms with Crippen LogP contribution < -0.4 is 0 Å². The van der Waals surface area contributed by atoms with Gasteiger partial charge in [0, 0.05) is 12.5 Å². The summed E-state index contributed by atoms with van der Waals surface area (Å²) in [4.78, 5) is 0. The van der Waals surface area contributed by atoms with E-state index in [-0.39, 0.29) is 23.0 Å². The fourth-order valence-electron chi connectivity index (χ4n) is 7.47. The molecule has 4 aliphatic carbocycles. The Morgan fingerprint density at radius 2 is 1.96 bits per heavy atom. The van der Waals surface area contributed by atoms with E-state index < -0.39 is 0 Å². The zero-order valence-corrected chi connectivity index (χ0v) is 15.5. The molecule has 0 saturated heterocycles. The summed E-state index contributed by atoms with van der Waals surface area (Å²) < 4.78 is 5.78. The SMILES string of the molecule is COC[C@@]12C(=C[C@@H](O)C[C@H]1C)CC[C@H]1[C@@H]3CC[C@H](O)[C@@]3(C)CC[C@@H]12. The molecule has 4 rings (SSSR count). The highest BCUT2D eigenvalue weighted by Gasteiger charge is 2.61. The van der Waals surface area contributed by atoms with Crippen LogP contribution >= 0.6 is 0 Å². The van der Waals surface area contributed by atoms with Crippen LogP contribution in [0.3, 0.4) is 0 Å². The minimum Gasteiger partial charge on any atom is -0.393 e. The Balaban J connectivity index is 1.74. The molecule has 0 heterocycles. The Bertz CT molecular complexity index is 529. The largest absolute Gasteiger partial charge is 0.393 e. The smallest absolute Gasteiger partial charge is 0.0726 e. The van der Waals surface area contributed by atoms with Gasteiger partial charge in [-0.3, -0.25) is 0 Å². The standard InChI is InChI=1S/C21H34O3/c1-13-10-15(22)11-14-4-5-16-17-6-7-19(23)20(17,2)9-8-18(16)21(13,14)12-24-3/h11,13,15-19,22-23H,4-10,12H2,1-3H3/t13-,15+,16+,17+,18+,19+,20+,21+/m1/s1. The molecule has 4 aliphatic rings. The molecular weight excluding hydrogens is 300 g/mol. The van der Waals surface area contributed by atoms with Gasteiger partial charge in [0.15, 0.2) is 0 Å². The quantitative estimate of drug-likeness (QED) is 0.759. The van der Waals surface area contributed by atoms with E-state index in [4.69, 9.17) is 4.74 Å². The molecule has 0 radical (unpaired) electrons. The molecule has 0 aliphatic heterocycles. The van der Waals surface area contributed by atoms with Crippen LogP contribution in [0.4, 0.5) is 0 Å². The lowest BCUT2D eigenvalue weighted by molar-refractivity contribution is -0.115. The topological polar surface area (TPSA) is 49.7 Å². The van der Waals surface area contributed by atoms with Crippen LogP contribution in [0.2, 0.25) is 0 Å². The zero-order valence-electron chi connectivity index (χ0n) is 15.5. The minimum atomic E-state index is -0.279. The van der Waals surface area contributed by atoms with E-state index in [9.17, 15) is 10.2 Å². The molecule has 24 heavy (non-hydrogen) atoms. The van der Waals surface area contributed by atoms with Crippen LogP contribution in [0.1, 0.15) is 58.8 Å². The van der Waals surface area contributed by atoms with Crippen molar-refractivity contribution in [2.24, 2.45) is 34.5 Å². The average Bonchev–Trinajstić information content (AvgIpc) is 2.84. The summed E-state index contributed by atoms with van der Waals surface area (Å²) in [6.07, 6.45) is 9.50. The number of hydrogen-bond donors (Lipinski definition) is 2. The van der Waals surface area contributed by atoms with Gasteiger partial charge in [-0.1, -0.05) is 25.5 Å². The van der Waals surface area contributed by atoms with E-state index in [1.54, 1.807) is 0 Å². The lowest BCUT2D eigenvalue weighted by atomic mass is 9.45. The van der Waals surface area contributed by atoms with E-state index in [0.29, 0.717) is 23.7 Å². The predicted octanol–water partition coefficient (Wildman–Crippen LogP) is 3.54. The van der Waals surface area contributed by atoms with Gasteiger partial charge in [-0.25, -0.2) is 0 Å². The van der Waals surface area contributed by atoms with Gasteiger partial charge < -0.3 is 14.9 Å². The van der Waals surface area contributed by atoms with Crippen LogP contribution in [-0.2, 0) is 4.74 Å². The summed E-state index contributed by atoms with van der Waals surface area (Å²) in [7, 11) is 1.83. The van der Waals surface area contributed by atoms with Crippen LogP contribution in [-0.4, -0.2) is 36.1 Å². The van der Waals surface area contributed by atoms with Gasteiger partial charge in [0.25, 0.3) is 0 Å². The molecular formula is C21H34O3. The number of aliphatic hydroxyl groups excluding tert-OH is 2. The highest BCUT2D eigenvalue weighted by Crippen LogP contribution is 2.66. The van der Waals surface area contributed by atoms with Gasteiger partial charge in [0.1, 0.15) is 0 Å². The van der Waals surface area contributed by atoms with E-state index >= 15 is 0 Å². The van der Waals surface area contributed by atoms with E-state index in [1.165, 1.54) is 24.8 Å². The second kappa shape index (κ2) is 5.82. The molecule has 3 heteroatoms. The van der Waals surface area contributed by atoms with E-state index in [0.717, 1.165) is 32.3 Å². The summed E-state index contributed by atoms with van der Waals surface area (Å²) in [6, 6.07) is 0. The predicted molar refractivity (Wildman–Crippen MR) is 94.5 cm³/mol. The molecule has 0 unspecified atom stereocenters. The lowest BCUT2D eigenvalue weighted by Gasteiger charge is -2.60. The number of ether oxygens (including phenoxy) is 1. The highest BCUT2D eigenvalue weighted by atomic mass is 16.5. The first-order valence-electron chi connectivity index (χ1n) is 9.99. The maximum absolute atomic E-state index is 10.6. The summed E-state index contributed by atoms with van der Waals surface area (Å²) >= 11 is 0. The van der Waals surface area contributed by atoms with Crippen molar-refractivity contribution in [1.82, 2.24) is 0 Å². The summed E-state index contributed by atoms with van der Waals surface area (Å²) in [5.74, 6) is 2.51. The monoisotopic (exact) mass is 334 g/mol. The second-order valence-corrected chi connectivity index (χ2v) is 9.42. The van der Waals surface area contributed by atoms with Gasteiger partial charge >= 0.3 is 0 Å². The molecule has 0 aromatic heterocycles. The Kier molecular flexibility index (Phi) is 4.14. The maximum atomic E-state index is 10.6. The Labute approximate surface area is 146 Å². The summed E-state index contributed by atoms with van der Waals surface area (Å²) in [5, 5.41) is 20.9. The number of rotatable bonds is 2. The molecule has 0 aromatic rings. The molecule has 8 atom stereocenters. The van der Waals surface area contributed by atoms with Gasteiger partial charge in [0.2, 0.25) is 0 Å².